The molecule has 0 spiro atoms. The van der Waals surface area contributed by atoms with Crippen LogP contribution in [0.5, 0.6) is 0 Å². The van der Waals surface area contributed by atoms with E-state index in [1.807, 2.05) is 0 Å². The van der Waals surface area contributed by atoms with Gasteiger partial charge in [-0.3, -0.25) is 0 Å². The molecule has 0 rings (SSSR count). The van der Waals surface area contributed by atoms with Crippen LogP contribution in [-0.2, 0) is 0 Å². The first-order valence-electron chi connectivity index (χ1n) is 1.34. The third-order valence-corrected chi connectivity index (χ3v) is 1.04. The first-order valence-corrected chi connectivity index (χ1v) is 5.09. The summed E-state index contributed by atoms with van der Waals surface area (Å²) in [5, 5.41) is 0. The second-order valence-electron chi connectivity index (χ2n) is 0.547. The number of hydrogen-bond acceptors (Lipinski definition) is 2. The summed E-state index contributed by atoms with van der Waals surface area (Å²) < 4.78 is 7.34. The molecule has 28 valence electrons. The van der Waals surface area contributed by atoms with E-state index in [9.17, 15) is 0 Å². The second-order valence-corrected chi connectivity index (χ2v) is 2.42. The van der Waals surface area contributed by atoms with Gasteiger partial charge in [-0.2, -0.15) is 0 Å². The summed E-state index contributed by atoms with van der Waals surface area (Å²) in [7, 11) is 0. The van der Waals surface area contributed by atoms with Crippen LogP contribution < -0.4 is 0 Å². The third kappa shape index (κ3) is 4.47. The Kier molecular flexibility index (Phi) is 4.88. The van der Waals surface area contributed by atoms with Gasteiger partial charge in [0.2, 0.25) is 0 Å². The average molecular weight is 191 g/mol. The zero-order valence-electron chi connectivity index (χ0n) is 3.39. The Labute approximate surface area is 47.7 Å². The molecular weight excluding hydrogens is 185 g/mol. The van der Waals surface area contributed by atoms with Crippen LogP contribution in [0.25, 0.3) is 0 Å². The predicted molar refractivity (Wildman–Crippen MR) is 29.7 cm³/mol. The molecule has 5 heavy (non-hydrogen) atoms. The second kappa shape index (κ2) is 4.47. The molecule has 0 amide bonds. The Morgan fingerprint density at radius 3 is 1.60 bits per heavy atom. The Morgan fingerprint density at radius 1 is 1.20 bits per heavy atom. The number of hydrogen-bond donors (Lipinski definition) is 0. The van der Waals surface area contributed by atoms with E-state index in [1.54, 1.807) is 0 Å². The molecule has 0 unspecified atom stereocenters. The van der Waals surface area contributed by atoms with Crippen LogP contribution in [0.1, 0.15) is 0 Å². The fourth-order valence-electron chi connectivity index (χ4n) is 0.100. The molecule has 2 nitrogen and oxygen atoms in total. The zero-order chi connectivity index (χ0) is 4.12. The predicted octanol–water partition coefficient (Wildman–Crippen LogP) is -2.28. The molecule has 0 bridgehead atoms. The minimum absolute atomic E-state index is 0.564. The molecule has 0 aromatic carbocycles. The van der Waals surface area contributed by atoms with Gasteiger partial charge in [-0.15, -0.1) is 0 Å². The summed E-state index contributed by atoms with van der Waals surface area (Å²) in [6.07, 6.45) is 0. The van der Waals surface area contributed by atoms with Crippen LogP contribution in [0.4, 0.5) is 0 Å². The SMILES string of the molecule is [GeH3][N]=C=[N][GeH3]. The fraction of sp³-hybridized carbons (Fsp3) is 0. The van der Waals surface area contributed by atoms with E-state index in [-0.39, 0.29) is 0 Å². The first kappa shape index (κ1) is 5.47. The summed E-state index contributed by atoms with van der Waals surface area (Å²) in [6, 6.07) is 2.53. The van der Waals surface area contributed by atoms with Crippen LogP contribution in [-0.4, -0.2) is 39.5 Å². The molecule has 0 aliphatic rings. The molecule has 0 fully saturated rings. The molecular formula is CH6Ge2N2. The molecule has 0 saturated heterocycles. The Bertz CT molecular complexity index is 56.0. The third-order valence-electron chi connectivity index (χ3n) is 0.200. The van der Waals surface area contributed by atoms with Gasteiger partial charge in [0.05, 0.1) is 0 Å². The van der Waals surface area contributed by atoms with Gasteiger partial charge in [0.1, 0.15) is 0 Å². The van der Waals surface area contributed by atoms with Gasteiger partial charge < -0.3 is 0 Å². The van der Waals surface area contributed by atoms with Crippen molar-refractivity contribution in [3.8, 4) is 0 Å². The standard InChI is InChI=1S/CH6Ge2N2/c2-4-1-5-3/h2-3H3. The molecule has 0 N–H and O–H groups in total. The quantitative estimate of drug-likeness (QED) is 0.304. The van der Waals surface area contributed by atoms with Crippen molar-refractivity contribution < 1.29 is 0 Å². The van der Waals surface area contributed by atoms with Crippen molar-refractivity contribution in [2.24, 2.45) is 7.90 Å². The van der Waals surface area contributed by atoms with Gasteiger partial charge in [0.25, 0.3) is 0 Å². The molecule has 0 heterocycles. The van der Waals surface area contributed by atoms with Gasteiger partial charge in [-0.25, -0.2) is 0 Å². The van der Waals surface area contributed by atoms with Crippen molar-refractivity contribution in [1.82, 2.24) is 0 Å². The van der Waals surface area contributed by atoms with Gasteiger partial charge in [0.15, 0.2) is 0 Å². The Hall–Kier alpha value is 0.466. The first-order chi connectivity index (χ1) is 2.41. The van der Waals surface area contributed by atoms with Crippen molar-refractivity contribution in [2.75, 3.05) is 0 Å². The van der Waals surface area contributed by atoms with E-state index in [0.717, 1.165) is 0 Å². The van der Waals surface area contributed by atoms with Crippen LogP contribution in [0, 0.1) is 0 Å². The van der Waals surface area contributed by atoms with Gasteiger partial charge in [-0.1, -0.05) is 0 Å². The molecule has 0 aromatic heterocycles. The van der Waals surface area contributed by atoms with Gasteiger partial charge >= 0.3 is 47.4 Å². The summed E-state index contributed by atoms with van der Waals surface area (Å²) in [5.74, 6) is 0. The van der Waals surface area contributed by atoms with Crippen molar-refractivity contribution in [2.45, 2.75) is 0 Å². The molecule has 0 aromatic rings. The summed E-state index contributed by atoms with van der Waals surface area (Å²) in [5.41, 5.74) is 0. The maximum absolute atomic E-state index is 3.67. The van der Waals surface area contributed by atoms with Crippen LogP contribution in [0.3, 0.4) is 0 Å². The summed E-state index contributed by atoms with van der Waals surface area (Å²) in [4.78, 5) is 0. The van der Waals surface area contributed by atoms with Crippen molar-refractivity contribution in [3.63, 3.8) is 0 Å². The number of rotatable bonds is 0. The molecule has 0 saturated carbocycles. The van der Waals surface area contributed by atoms with E-state index in [1.165, 1.54) is 0 Å². The van der Waals surface area contributed by atoms with E-state index >= 15 is 0 Å². The van der Waals surface area contributed by atoms with E-state index in [0.29, 0.717) is 33.5 Å². The average Bonchev–Trinajstić information content (AvgIpc) is 1.41. The normalized spacial score (nSPS) is 6.40. The number of nitrogens with zero attached hydrogens (tertiary/aromatic N) is 2. The zero-order valence-corrected chi connectivity index (χ0v) is 11.8. The molecule has 0 radical (unpaired) electrons. The minimum atomic E-state index is 0.564. The van der Waals surface area contributed by atoms with Crippen molar-refractivity contribution >= 4 is 39.5 Å². The molecule has 0 aliphatic heterocycles. The topological polar surface area (TPSA) is 24.7 Å². The summed E-state index contributed by atoms with van der Waals surface area (Å²) >= 11 is 1.13. The van der Waals surface area contributed by atoms with Crippen LogP contribution in [0.15, 0.2) is 7.90 Å². The van der Waals surface area contributed by atoms with Gasteiger partial charge in [0, 0.05) is 0 Å². The van der Waals surface area contributed by atoms with Crippen LogP contribution >= 0.6 is 0 Å². The monoisotopic (exact) mass is 194 g/mol. The fourth-order valence-corrected chi connectivity index (χ4v) is 2.70. The van der Waals surface area contributed by atoms with E-state index in [2.05, 4.69) is 13.9 Å². The molecule has 4 heteroatoms. The molecule has 0 aliphatic carbocycles. The van der Waals surface area contributed by atoms with Crippen LogP contribution in [0.2, 0.25) is 0 Å². The Balaban J connectivity index is 3.26. The van der Waals surface area contributed by atoms with Crippen molar-refractivity contribution in [1.29, 1.82) is 0 Å². The van der Waals surface area contributed by atoms with Gasteiger partial charge in [-0.05, 0) is 0 Å². The Morgan fingerprint density at radius 2 is 1.60 bits per heavy atom. The van der Waals surface area contributed by atoms with E-state index in [4.69, 9.17) is 0 Å². The maximum atomic E-state index is 3.67. The summed E-state index contributed by atoms with van der Waals surface area (Å²) in [6.45, 7) is 0. The van der Waals surface area contributed by atoms with E-state index < -0.39 is 0 Å². The van der Waals surface area contributed by atoms with Crippen molar-refractivity contribution in [3.05, 3.63) is 0 Å². The molecule has 0 atom stereocenters.